The second-order valence-electron chi connectivity index (χ2n) is 4.86. The van der Waals surface area contributed by atoms with Gasteiger partial charge in [-0.15, -0.1) is 10.2 Å². The van der Waals surface area contributed by atoms with Gasteiger partial charge in [-0.3, -0.25) is 9.78 Å². The molecule has 0 fully saturated rings. The summed E-state index contributed by atoms with van der Waals surface area (Å²) in [5, 5.41) is 11.3. The van der Waals surface area contributed by atoms with Crippen LogP contribution in [0.5, 0.6) is 0 Å². The zero-order valence-electron chi connectivity index (χ0n) is 11.9. The Hall–Kier alpha value is -2.73. The van der Waals surface area contributed by atoms with E-state index in [9.17, 15) is 9.18 Å². The molecule has 0 atom stereocenters. The molecule has 0 aliphatic heterocycles. The molecule has 1 aromatic heterocycles. The molecule has 2 aromatic carbocycles. The Morgan fingerprint density at radius 1 is 1.09 bits per heavy atom. The predicted octanol–water partition coefficient (Wildman–Crippen LogP) is 3.29. The van der Waals surface area contributed by atoms with Gasteiger partial charge in [0.2, 0.25) is 5.95 Å². The number of aromatic amines is 1. The van der Waals surface area contributed by atoms with E-state index in [0.717, 1.165) is 5.56 Å². The number of benzene rings is 2. The molecule has 5 nitrogen and oxygen atoms in total. The first-order chi connectivity index (χ1) is 11.1. The minimum Gasteiger partial charge on any atom is -0.323 e. The van der Waals surface area contributed by atoms with Crippen LogP contribution in [-0.2, 0) is 6.42 Å². The molecule has 0 aliphatic rings. The Labute approximate surface area is 136 Å². The number of anilines is 2. The van der Waals surface area contributed by atoms with Crippen molar-refractivity contribution in [2.45, 2.75) is 6.42 Å². The number of rotatable bonds is 4. The fourth-order valence-electron chi connectivity index (χ4n) is 2.02. The number of hydrogen-bond acceptors (Lipinski definition) is 4. The van der Waals surface area contributed by atoms with Crippen LogP contribution in [-0.4, -0.2) is 15.2 Å². The van der Waals surface area contributed by atoms with E-state index < -0.39 is 0 Å². The first-order valence-corrected chi connectivity index (χ1v) is 7.21. The second-order valence-corrected chi connectivity index (χ2v) is 5.26. The van der Waals surface area contributed by atoms with Crippen LogP contribution in [0.3, 0.4) is 0 Å². The highest BCUT2D eigenvalue weighted by molar-refractivity contribution is 6.33. The van der Waals surface area contributed by atoms with Crippen molar-refractivity contribution < 1.29 is 4.39 Å². The molecule has 116 valence electrons. The van der Waals surface area contributed by atoms with Gasteiger partial charge in [0.25, 0.3) is 5.56 Å². The van der Waals surface area contributed by atoms with Crippen LogP contribution in [0, 0.1) is 5.82 Å². The highest BCUT2D eigenvalue weighted by Crippen LogP contribution is 2.22. The molecule has 7 heteroatoms. The zero-order valence-corrected chi connectivity index (χ0v) is 12.6. The summed E-state index contributed by atoms with van der Waals surface area (Å²) >= 11 is 6.03. The van der Waals surface area contributed by atoms with Crippen molar-refractivity contribution in [1.29, 1.82) is 0 Å². The molecule has 0 bridgehead atoms. The van der Waals surface area contributed by atoms with Crippen LogP contribution in [0.4, 0.5) is 16.0 Å². The third kappa shape index (κ3) is 3.73. The lowest BCUT2D eigenvalue weighted by molar-refractivity contribution is 0.627. The number of nitrogens with one attached hydrogen (secondary N) is 2. The van der Waals surface area contributed by atoms with Gasteiger partial charge in [0.05, 0.1) is 10.7 Å². The third-order valence-electron chi connectivity index (χ3n) is 3.18. The van der Waals surface area contributed by atoms with E-state index in [1.54, 1.807) is 30.3 Å². The Balaban J connectivity index is 1.79. The van der Waals surface area contributed by atoms with Crippen LogP contribution in [0.1, 0.15) is 11.3 Å². The van der Waals surface area contributed by atoms with E-state index in [2.05, 4.69) is 20.5 Å². The fourth-order valence-corrected chi connectivity index (χ4v) is 2.20. The molecular formula is C16H12ClFN4O. The molecule has 23 heavy (non-hydrogen) atoms. The maximum Gasteiger partial charge on any atom is 0.274 e. The van der Waals surface area contributed by atoms with Crippen LogP contribution in [0.2, 0.25) is 5.02 Å². The summed E-state index contributed by atoms with van der Waals surface area (Å²) in [6.45, 7) is 0. The van der Waals surface area contributed by atoms with Crippen LogP contribution >= 0.6 is 11.6 Å². The van der Waals surface area contributed by atoms with E-state index in [1.165, 1.54) is 12.1 Å². The van der Waals surface area contributed by atoms with Crippen molar-refractivity contribution in [2.24, 2.45) is 0 Å². The van der Waals surface area contributed by atoms with Crippen molar-refractivity contribution in [3.63, 3.8) is 0 Å². The van der Waals surface area contributed by atoms with Gasteiger partial charge < -0.3 is 5.32 Å². The van der Waals surface area contributed by atoms with Crippen molar-refractivity contribution in [2.75, 3.05) is 5.32 Å². The van der Waals surface area contributed by atoms with E-state index in [0.29, 0.717) is 10.7 Å². The summed E-state index contributed by atoms with van der Waals surface area (Å²) in [5.41, 5.74) is 1.28. The average molecular weight is 331 g/mol. The summed E-state index contributed by atoms with van der Waals surface area (Å²) in [6, 6.07) is 13.0. The Morgan fingerprint density at radius 2 is 1.83 bits per heavy atom. The Morgan fingerprint density at radius 3 is 2.52 bits per heavy atom. The maximum absolute atomic E-state index is 12.9. The number of H-pyrrole nitrogens is 1. The molecule has 0 unspecified atom stereocenters. The van der Waals surface area contributed by atoms with Crippen molar-refractivity contribution in [3.05, 3.63) is 81.0 Å². The first kappa shape index (κ1) is 15.2. The fraction of sp³-hybridized carbons (Fsp3) is 0.0625. The molecule has 2 N–H and O–H groups in total. The summed E-state index contributed by atoms with van der Waals surface area (Å²) in [4.78, 5) is 14.7. The topological polar surface area (TPSA) is 70.7 Å². The molecule has 3 rings (SSSR count). The largest absolute Gasteiger partial charge is 0.323 e. The lowest BCUT2D eigenvalue weighted by atomic mass is 10.1. The normalized spacial score (nSPS) is 10.5. The predicted molar refractivity (Wildman–Crippen MR) is 86.6 cm³/mol. The SMILES string of the molecule is O=c1[nH]c(Nc2ccccc2Cl)nnc1Cc1ccc(F)cc1. The van der Waals surface area contributed by atoms with Gasteiger partial charge in [-0.25, -0.2) is 4.39 Å². The smallest absolute Gasteiger partial charge is 0.274 e. The molecule has 0 radical (unpaired) electrons. The number of halogens is 2. The van der Waals surface area contributed by atoms with Gasteiger partial charge in [-0.05, 0) is 29.8 Å². The van der Waals surface area contributed by atoms with Gasteiger partial charge in [0.1, 0.15) is 11.5 Å². The number of para-hydroxylation sites is 1. The van der Waals surface area contributed by atoms with Crippen molar-refractivity contribution in [1.82, 2.24) is 15.2 Å². The van der Waals surface area contributed by atoms with Gasteiger partial charge in [0.15, 0.2) is 0 Å². The van der Waals surface area contributed by atoms with Gasteiger partial charge in [-0.1, -0.05) is 35.9 Å². The van der Waals surface area contributed by atoms with E-state index in [-0.39, 0.29) is 29.4 Å². The number of aromatic nitrogens is 3. The Kier molecular flexibility index (Phi) is 4.34. The zero-order chi connectivity index (χ0) is 16.2. The lowest BCUT2D eigenvalue weighted by Crippen LogP contribution is -2.18. The lowest BCUT2D eigenvalue weighted by Gasteiger charge is -2.07. The van der Waals surface area contributed by atoms with E-state index in [1.807, 2.05) is 6.07 Å². The van der Waals surface area contributed by atoms with Gasteiger partial charge >= 0.3 is 0 Å². The highest BCUT2D eigenvalue weighted by atomic mass is 35.5. The maximum atomic E-state index is 12.9. The average Bonchev–Trinajstić information content (AvgIpc) is 2.54. The molecule has 0 aliphatic carbocycles. The summed E-state index contributed by atoms with van der Waals surface area (Å²) in [5.74, 6) is -0.126. The molecule has 0 spiro atoms. The quantitative estimate of drug-likeness (QED) is 0.770. The highest BCUT2D eigenvalue weighted by Gasteiger charge is 2.07. The number of nitrogens with zero attached hydrogens (tertiary/aromatic N) is 2. The van der Waals surface area contributed by atoms with Crippen LogP contribution in [0.25, 0.3) is 0 Å². The minimum absolute atomic E-state index is 0.200. The number of hydrogen-bond donors (Lipinski definition) is 2. The monoisotopic (exact) mass is 330 g/mol. The molecule has 1 heterocycles. The standard InChI is InChI=1S/C16H12ClFN4O/c17-12-3-1-2-4-13(12)19-16-20-15(23)14(21-22-16)9-10-5-7-11(18)8-6-10/h1-8H,9H2,(H2,19,20,22,23). The molecule has 0 saturated heterocycles. The molecule has 3 aromatic rings. The van der Waals surface area contributed by atoms with Crippen molar-refractivity contribution in [3.8, 4) is 0 Å². The summed E-state index contributed by atoms with van der Waals surface area (Å²) < 4.78 is 12.9. The summed E-state index contributed by atoms with van der Waals surface area (Å²) in [7, 11) is 0. The van der Waals surface area contributed by atoms with Crippen molar-refractivity contribution >= 4 is 23.2 Å². The summed E-state index contributed by atoms with van der Waals surface area (Å²) in [6.07, 6.45) is 0.273. The van der Waals surface area contributed by atoms with E-state index in [4.69, 9.17) is 11.6 Å². The Bertz CT molecular complexity index is 880. The first-order valence-electron chi connectivity index (χ1n) is 6.84. The molecule has 0 amide bonds. The van der Waals surface area contributed by atoms with Gasteiger partial charge in [0, 0.05) is 6.42 Å². The molecule has 0 saturated carbocycles. The van der Waals surface area contributed by atoms with Crippen LogP contribution in [0.15, 0.2) is 53.3 Å². The van der Waals surface area contributed by atoms with E-state index >= 15 is 0 Å². The third-order valence-corrected chi connectivity index (χ3v) is 3.51. The minimum atomic E-state index is -0.362. The van der Waals surface area contributed by atoms with Crippen LogP contribution < -0.4 is 10.9 Å². The second kappa shape index (κ2) is 6.58. The molecular weight excluding hydrogens is 319 g/mol. The van der Waals surface area contributed by atoms with Gasteiger partial charge in [-0.2, -0.15) is 0 Å².